The van der Waals surface area contributed by atoms with E-state index in [1.165, 1.54) is 0 Å². The van der Waals surface area contributed by atoms with Gasteiger partial charge in [0.1, 0.15) is 22.3 Å². The van der Waals surface area contributed by atoms with Crippen LogP contribution in [-0.2, 0) is 0 Å². The lowest BCUT2D eigenvalue weighted by Gasteiger charge is -2.20. The second kappa shape index (κ2) is 6.20. The van der Waals surface area contributed by atoms with Crippen molar-refractivity contribution in [1.29, 1.82) is 0 Å². The van der Waals surface area contributed by atoms with Gasteiger partial charge < -0.3 is 19.2 Å². The molecule has 1 aromatic heterocycles. The normalized spacial score (nSPS) is 12.2. The number of hydrogen-bond donors (Lipinski definition) is 1. The van der Waals surface area contributed by atoms with Gasteiger partial charge in [-0.15, -0.1) is 0 Å². The Kier molecular flexibility index (Phi) is 4.57. The molecule has 0 radical (unpaired) electrons. The molecule has 0 saturated carbocycles. The van der Waals surface area contributed by atoms with Crippen LogP contribution in [0, 0.1) is 6.92 Å². The zero-order valence-corrected chi connectivity index (χ0v) is 12.7. The Morgan fingerprint density at radius 3 is 2.50 bits per heavy atom. The first-order chi connectivity index (χ1) is 9.62. The van der Waals surface area contributed by atoms with Crippen molar-refractivity contribution in [3.63, 3.8) is 0 Å². The molecule has 0 spiro atoms. The van der Waals surface area contributed by atoms with Crippen molar-refractivity contribution in [2.45, 2.75) is 13.0 Å². The van der Waals surface area contributed by atoms with Crippen LogP contribution in [0.25, 0.3) is 0 Å². The van der Waals surface area contributed by atoms with Gasteiger partial charge >= 0.3 is 0 Å². The maximum atomic E-state index is 6.31. The fourth-order valence-electron chi connectivity index (χ4n) is 2.26. The summed E-state index contributed by atoms with van der Waals surface area (Å²) < 4.78 is 16.0. The van der Waals surface area contributed by atoms with Crippen molar-refractivity contribution >= 4 is 11.6 Å². The third-order valence-corrected chi connectivity index (χ3v) is 3.56. The maximum Gasteiger partial charge on any atom is 0.146 e. The van der Waals surface area contributed by atoms with E-state index in [1.807, 2.05) is 32.2 Å². The van der Waals surface area contributed by atoms with Gasteiger partial charge in [0.05, 0.1) is 26.5 Å². The van der Waals surface area contributed by atoms with E-state index in [-0.39, 0.29) is 6.04 Å². The molecule has 0 amide bonds. The van der Waals surface area contributed by atoms with Crippen molar-refractivity contribution < 1.29 is 13.9 Å². The zero-order valence-electron chi connectivity index (χ0n) is 12.0. The zero-order chi connectivity index (χ0) is 14.7. The molecule has 1 atom stereocenters. The molecule has 20 heavy (non-hydrogen) atoms. The van der Waals surface area contributed by atoms with Crippen molar-refractivity contribution in [3.05, 3.63) is 46.4 Å². The number of rotatable bonds is 5. The molecule has 0 bridgehead atoms. The van der Waals surface area contributed by atoms with Gasteiger partial charge in [-0.3, -0.25) is 0 Å². The molecule has 0 fully saturated rings. The third-order valence-electron chi connectivity index (χ3n) is 3.20. The fourth-order valence-corrected chi connectivity index (χ4v) is 2.59. The van der Waals surface area contributed by atoms with Gasteiger partial charge in [-0.25, -0.2) is 0 Å². The number of hydrogen-bond acceptors (Lipinski definition) is 4. The number of nitrogens with one attached hydrogen (secondary N) is 1. The van der Waals surface area contributed by atoms with E-state index >= 15 is 0 Å². The van der Waals surface area contributed by atoms with Crippen LogP contribution in [-0.4, -0.2) is 21.3 Å². The van der Waals surface area contributed by atoms with Crippen LogP contribution < -0.4 is 14.8 Å². The van der Waals surface area contributed by atoms with Gasteiger partial charge in [0.25, 0.3) is 0 Å². The topological polar surface area (TPSA) is 43.6 Å². The number of halogens is 1. The second-order valence-electron chi connectivity index (χ2n) is 4.42. The van der Waals surface area contributed by atoms with Crippen molar-refractivity contribution in [2.75, 3.05) is 21.3 Å². The first kappa shape index (κ1) is 14.8. The molecular formula is C15H18ClNO3. The van der Waals surface area contributed by atoms with Crippen LogP contribution in [0.2, 0.25) is 5.02 Å². The standard InChI is InChI=1S/C15H18ClNO3/c1-9-7-10(8-20-9)14(17-2)11-5-6-12(18-3)13(16)15(11)19-4/h5-8,14,17H,1-4H3. The molecule has 1 N–H and O–H groups in total. The Morgan fingerprint density at radius 2 is 2.00 bits per heavy atom. The quantitative estimate of drug-likeness (QED) is 0.916. The molecule has 4 nitrogen and oxygen atoms in total. The number of furan rings is 1. The summed E-state index contributed by atoms with van der Waals surface area (Å²) in [5, 5.41) is 3.71. The Labute approximate surface area is 123 Å². The minimum Gasteiger partial charge on any atom is -0.495 e. The highest BCUT2D eigenvalue weighted by Gasteiger charge is 2.22. The second-order valence-corrected chi connectivity index (χ2v) is 4.79. The molecule has 1 unspecified atom stereocenters. The van der Waals surface area contributed by atoms with Crippen LogP contribution in [0.15, 0.2) is 28.9 Å². The minimum absolute atomic E-state index is 0.0641. The van der Waals surface area contributed by atoms with Crippen molar-refractivity contribution in [2.24, 2.45) is 0 Å². The smallest absolute Gasteiger partial charge is 0.146 e. The van der Waals surface area contributed by atoms with Gasteiger partial charge in [-0.05, 0) is 32.2 Å². The van der Waals surface area contributed by atoms with Crippen molar-refractivity contribution in [1.82, 2.24) is 5.32 Å². The first-order valence-electron chi connectivity index (χ1n) is 6.25. The average molecular weight is 296 g/mol. The van der Waals surface area contributed by atoms with Gasteiger partial charge in [-0.1, -0.05) is 11.6 Å². The highest BCUT2D eigenvalue weighted by molar-refractivity contribution is 6.33. The van der Waals surface area contributed by atoms with E-state index in [0.717, 1.165) is 16.9 Å². The highest BCUT2D eigenvalue weighted by Crippen LogP contribution is 2.41. The Balaban J connectivity index is 2.52. The lowest BCUT2D eigenvalue weighted by atomic mass is 9.99. The molecular weight excluding hydrogens is 278 g/mol. The summed E-state index contributed by atoms with van der Waals surface area (Å²) in [7, 11) is 5.05. The van der Waals surface area contributed by atoms with Crippen molar-refractivity contribution in [3.8, 4) is 11.5 Å². The van der Waals surface area contributed by atoms with E-state index in [1.54, 1.807) is 20.5 Å². The summed E-state index contributed by atoms with van der Waals surface area (Å²) in [5.41, 5.74) is 1.95. The number of aryl methyl sites for hydroxylation is 1. The molecule has 0 saturated heterocycles. The maximum absolute atomic E-state index is 6.31. The number of benzene rings is 1. The predicted octanol–water partition coefficient (Wildman–Crippen LogP) is 3.57. The summed E-state index contributed by atoms with van der Waals surface area (Å²) >= 11 is 6.31. The molecule has 0 aliphatic rings. The van der Waals surface area contributed by atoms with E-state index in [2.05, 4.69) is 5.32 Å². The lowest BCUT2D eigenvalue weighted by Crippen LogP contribution is -2.18. The van der Waals surface area contributed by atoms with Crippen LogP contribution in [0.3, 0.4) is 0 Å². The molecule has 1 aromatic carbocycles. The van der Waals surface area contributed by atoms with Gasteiger partial charge in [-0.2, -0.15) is 0 Å². The SMILES string of the molecule is CNC(c1coc(C)c1)c1ccc(OC)c(Cl)c1OC. The van der Waals surface area contributed by atoms with Gasteiger partial charge in [0, 0.05) is 11.1 Å². The third kappa shape index (κ3) is 2.62. The molecule has 108 valence electrons. The molecule has 2 rings (SSSR count). The van der Waals surface area contributed by atoms with Gasteiger partial charge in [0.2, 0.25) is 0 Å². The van der Waals surface area contributed by atoms with Gasteiger partial charge in [0.15, 0.2) is 0 Å². The van der Waals surface area contributed by atoms with Crippen LogP contribution in [0.5, 0.6) is 11.5 Å². The lowest BCUT2D eigenvalue weighted by molar-refractivity contribution is 0.388. The molecule has 1 heterocycles. The molecule has 2 aromatic rings. The average Bonchev–Trinajstić information content (AvgIpc) is 2.86. The Bertz CT molecular complexity index is 595. The van der Waals surface area contributed by atoms with E-state index in [0.29, 0.717) is 16.5 Å². The largest absolute Gasteiger partial charge is 0.495 e. The minimum atomic E-state index is -0.0641. The summed E-state index contributed by atoms with van der Waals surface area (Å²) in [6.07, 6.45) is 1.73. The first-order valence-corrected chi connectivity index (χ1v) is 6.62. The number of methoxy groups -OCH3 is 2. The van der Waals surface area contributed by atoms with Crippen LogP contribution in [0.1, 0.15) is 22.9 Å². The van der Waals surface area contributed by atoms with Crippen LogP contribution in [0.4, 0.5) is 0 Å². The monoisotopic (exact) mass is 295 g/mol. The Hall–Kier alpha value is -1.65. The fraction of sp³-hybridized carbons (Fsp3) is 0.333. The summed E-state index contributed by atoms with van der Waals surface area (Å²) in [6, 6.07) is 5.69. The summed E-state index contributed by atoms with van der Waals surface area (Å²) in [4.78, 5) is 0. The van der Waals surface area contributed by atoms with Crippen LogP contribution >= 0.6 is 11.6 Å². The molecule has 0 aliphatic carbocycles. The number of ether oxygens (including phenoxy) is 2. The summed E-state index contributed by atoms with van der Waals surface area (Å²) in [5.74, 6) is 2.05. The Morgan fingerprint density at radius 1 is 1.25 bits per heavy atom. The molecule has 5 heteroatoms. The highest BCUT2D eigenvalue weighted by atomic mass is 35.5. The predicted molar refractivity (Wildman–Crippen MR) is 78.9 cm³/mol. The molecule has 0 aliphatic heterocycles. The summed E-state index contributed by atoms with van der Waals surface area (Å²) in [6.45, 7) is 1.91. The van der Waals surface area contributed by atoms with E-state index in [9.17, 15) is 0 Å². The van der Waals surface area contributed by atoms with E-state index in [4.69, 9.17) is 25.5 Å². The van der Waals surface area contributed by atoms with E-state index < -0.39 is 0 Å².